The summed E-state index contributed by atoms with van der Waals surface area (Å²) in [5, 5.41) is 6.58. The van der Waals surface area contributed by atoms with Crippen LogP contribution < -0.4 is 20.1 Å². The first-order chi connectivity index (χ1) is 11.3. The second-order valence-corrected chi connectivity index (χ2v) is 4.91. The summed E-state index contributed by atoms with van der Waals surface area (Å²) >= 11 is 0. The fourth-order valence-electron chi connectivity index (χ4n) is 2.17. The second kappa shape index (κ2) is 11.6. The number of guanidine groups is 1. The van der Waals surface area contributed by atoms with E-state index in [9.17, 15) is 0 Å². The molecule has 2 N–H and O–H groups in total. The van der Waals surface area contributed by atoms with E-state index in [1.807, 2.05) is 25.1 Å². The number of methoxy groups -OCH3 is 2. The molecule has 0 bridgehead atoms. The molecule has 0 aliphatic carbocycles. The zero-order valence-electron chi connectivity index (χ0n) is 14.6. The minimum absolute atomic E-state index is 0.610. The van der Waals surface area contributed by atoms with Crippen molar-refractivity contribution in [3.05, 3.63) is 23.8 Å². The summed E-state index contributed by atoms with van der Waals surface area (Å²) in [7, 11) is 5.04. The maximum atomic E-state index is 5.43. The Kier molecular flexibility index (Phi) is 9.63. The lowest BCUT2D eigenvalue weighted by atomic mass is 10.2. The van der Waals surface area contributed by atoms with Crippen LogP contribution in [0.25, 0.3) is 0 Å². The lowest BCUT2D eigenvalue weighted by Gasteiger charge is -2.15. The molecule has 6 nitrogen and oxygen atoms in total. The number of ether oxygens (including phenoxy) is 3. The summed E-state index contributed by atoms with van der Waals surface area (Å²) in [6.45, 7) is 5.07. The largest absolute Gasteiger partial charge is 0.493 e. The van der Waals surface area contributed by atoms with Gasteiger partial charge in [-0.2, -0.15) is 0 Å². The minimum atomic E-state index is 0.610. The first kappa shape index (κ1) is 19.1. The van der Waals surface area contributed by atoms with Gasteiger partial charge in [-0.1, -0.05) is 12.1 Å². The Bertz CT molecular complexity index is 478. The molecule has 0 saturated carbocycles. The molecule has 130 valence electrons. The number of para-hydroxylation sites is 1. The molecule has 0 spiro atoms. The third-order valence-electron chi connectivity index (χ3n) is 3.37. The number of nitrogens with zero attached hydrogens (tertiary/aromatic N) is 1. The average Bonchev–Trinajstić information content (AvgIpc) is 2.59. The van der Waals surface area contributed by atoms with Crippen LogP contribution in [0, 0.1) is 0 Å². The number of hydrogen-bond donors (Lipinski definition) is 2. The van der Waals surface area contributed by atoms with Crippen molar-refractivity contribution in [3.63, 3.8) is 0 Å². The van der Waals surface area contributed by atoms with E-state index >= 15 is 0 Å². The fraction of sp³-hybridized carbons (Fsp3) is 0.588. The predicted molar refractivity (Wildman–Crippen MR) is 93.5 cm³/mol. The van der Waals surface area contributed by atoms with Gasteiger partial charge in [-0.15, -0.1) is 0 Å². The Labute approximate surface area is 139 Å². The van der Waals surface area contributed by atoms with Crippen LogP contribution in [0.4, 0.5) is 0 Å². The monoisotopic (exact) mass is 323 g/mol. The highest BCUT2D eigenvalue weighted by Crippen LogP contribution is 2.30. The van der Waals surface area contributed by atoms with Gasteiger partial charge in [0.15, 0.2) is 17.5 Å². The van der Waals surface area contributed by atoms with Gasteiger partial charge in [-0.3, -0.25) is 4.99 Å². The van der Waals surface area contributed by atoms with E-state index < -0.39 is 0 Å². The van der Waals surface area contributed by atoms with Crippen molar-refractivity contribution in [2.24, 2.45) is 4.99 Å². The summed E-state index contributed by atoms with van der Waals surface area (Å²) in [4.78, 5) is 4.23. The van der Waals surface area contributed by atoms with E-state index in [2.05, 4.69) is 15.6 Å². The van der Waals surface area contributed by atoms with Gasteiger partial charge < -0.3 is 24.8 Å². The Balaban J connectivity index is 2.43. The van der Waals surface area contributed by atoms with Gasteiger partial charge in [0.2, 0.25) is 0 Å². The van der Waals surface area contributed by atoms with Crippen LogP contribution in [0.5, 0.6) is 11.5 Å². The predicted octanol–water partition coefficient (Wildman–Crippen LogP) is 2.19. The summed E-state index contributed by atoms with van der Waals surface area (Å²) in [6, 6.07) is 5.83. The van der Waals surface area contributed by atoms with Gasteiger partial charge in [0.1, 0.15) is 0 Å². The summed E-state index contributed by atoms with van der Waals surface area (Å²) in [5.74, 6) is 2.24. The zero-order chi connectivity index (χ0) is 16.9. The third kappa shape index (κ3) is 6.78. The number of benzene rings is 1. The van der Waals surface area contributed by atoms with Gasteiger partial charge in [0.05, 0.1) is 14.2 Å². The van der Waals surface area contributed by atoms with Crippen LogP contribution in [0.15, 0.2) is 23.2 Å². The van der Waals surface area contributed by atoms with Crippen LogP contribution in [-0.4, -0.2) is 47.0 Å². The van der Waals surface area contributed by atoms with Crippen molar-refractivity contribution in [2.45, 2.75) is 26.3 Å². The normalized spacial score (nSPS) is 11.2. The van der Waals surface area contributed by atoms with Crippen molar-refractivity contribution in [2.75, 3.05) is 41.0 Å². The molecule has 0 radical (unpaired) electrons. The number of nitrogens with one attached hydrogen (secondary N) is 2. The summed E-state index contributed by atoms with van der Waals surface area (Å²) in [5.41, 5.74) is 1.02. The average molecular weight is 323 g/mol. The molecule has 0 aromatic heterocycles. The van der Waals surface area contributed by atoms with Crippen LogP contribution in [0.1, 0.15) is 25.3 Å². The number of unbranched alkanes of at least 4 members (excludes halogenated alkanes) is 1. The number of hydrogen-bond acceptors (Lipinski definition) is 4. The topological polar surface area (TPSA) is 64.1 Å². The molecule has 0 aliphatic rings. The maximum absolute atomic E-state index is 5.43. The molecule has 1 rings (SSSR count). The Morgan fingerprint density at radius 1 is 1.13 bits per heavy atom. The smallest absolute Gasteiger partial charge is 0.191 e. The van der Waals surface area contributed by atoms with E-state index in [4.69, 9.17) is 14.2 Å². The van der Waals surface area contributed by atoms with Crippen molar-refractivity contribution in [3.8, 4) is 11.5 Å². The van der Waals surface area contributed by atoms with Crippen LogP contribution in [-0.2, 0) is 11.3 Å². The van der Waals surface area contributed by atoms with Crippen molar-refractivity contribution in [1.29, 1.82) is 0 Å². The van der Waals surface area contributed by atoms with E-state index in [0.717, 1.165) is 55.6 Å². The second-order valence-electron chi connectivity index (χ2n) is 4.91. The SMILES string of the molecule is CCOCCCCNC(=NC)NCc1cccc(OC)c1OC. The minimum Gasteiger partial charge on any atom is -0.493 e. The molecule has 0 fully saturated rings. The Morgan fingerprint density at radius 3 is 2.61 bits per heavy atom. The van der Waals surface area contributed by atoms with Crippen molar-refractivity contribution < 1.29 is 14.2 Å². The van der Waals surface area contributed by atoms with Gasteiger partial charge in [-0.05, 0) is 25.8 Å². The highest BCUT2D eigenvalue weighted by Gasteiger charge is 2.09. The summed E-state index contributed by atoms with van der Waals surface area (Å²) < 4.78 is 16.1. The van der Waals surface area contributed by atoms with Gasteiger partial charge >= 0.3 is 0 Å². The lowest BCUT2D eigenvalue weighted by Crippen LogP contribution is -2.37. The standard InChI is InChI=1S/C17H29N3O3/c1-5-23-12-7-6-11-19-17(18-2)20-13-14-9-8-10-15(21-3)16(14)22-4/h8-10H,5-7,11-13H2,1-4H3,(H2,18,19,20). The Morgan fingerprint density at radius 2 is 1.96 bits per heavy atom. The van der Waals surface area contributed by atoms with Crippen LogP contribution >= 0.6 is 0 Å². The maximum Gasteiger partial charge on any atom is 0.191 e. The number of aliphatic imine (C=N–C) groups is 1. The van der Waals surface area contributed by atoms with Gasteiger partial charge in [0, 0.05) is 38.9 Å². The van der Waals surface area contributed by atoms with Gasteiger partial charge in [-0.25, -0.2) is 0 Å². The molecular weight excluding hydrogens is 294 g/mol. The fourth-order valence-corrected chi connectivity index (χ4v) is 2.17. The highest BCUT2D eigenvalue weighted by atomic mass is 16.5. The molecular formula is C17H29N3O3. The Hall–Kier alpha value is -1.95. The van der Waals surface area contributed by atoms with E-state index in [1.165, 1.54) is 0 Å². The molecule has 0 amide bonds. The zero-order valence-corrected chi connectivity index (χ0v) is 14.6. The van der Waals surface area contributed by atoms with Crippen molar-refractivity contribution in [1.82, 2.24) is 10.6 Å². The molecule has 0 saturated heterocycles. The van der Waals surface area contributed by atoms with E-state index in [0.29, 0.717) is 6.54 Å². The van der Waals surface area contributed by atoms with Crippen LogP contribution in [0.2, 0.25) is 0 Å². The number of rotatable bonds is 10. The molecule has 1 aromatic carbocycles. The lowest BCUT2D eigenvalue weighted by molar-refractivity contribution is 0.143. The van der Waals surface area contributed by atoms with Crippen molar-refractivity contribution >= 4 is 5.96 Å². The quantitative estimate of drug-likeness (QED) is 0.392. The first-order valence-corrected chi connectivity index (χ1v) is 7.98. The molecule has 23 heavy (non-hydrogen) atoms. The molecule has 0 aliphatic heterocycles. The highest BCUT2D eigenvalue weighted by molar-refractivity contribution is 5.79. The van der Waals surface area contributed by atoms with Gasteiger partial charge in [0.25, 0.3) is 0 Å². The first-order valence-electron chi connectivity index (χ1n) is 7.98. The molecule has 0 unspecified atom stereocenters. The molecule has 0 atom stereocenters. The third-order valence-corrected chi connectivity index (χ3v) is 3.37. The van der Waals surface area contributed by atoms with E-state index in [-0.39, 0.29) is 0 Å². The summed E-state index contributed by atoms with van der Waals surface area (Å²) in [6.07, 6.45) is 2.09. The molecule has 6 heteroatoms. The molecule has 0 heterocycles. The van der Waals surface area contributed by atoms with Crippen LogP contribution in [0.3, 0.4) is 0 Å². The van der Waals surface area contributed by atoms with E-state index in [1.54, 1.807) is 21.3 Å². The molecule has 1 aromatic rings.